The highest BCUT2D eigenvalue weighted by Gasteiger charge is 2.30. The van der Waals surface area contributed by atoms with E-state index in [9.17, 15) is 43.2 Å². The van der Waals surface area contributed by atoms with E-state index < -0.39 is 97.5 Å². The van der Waals surface area contributed by atoms with Gasteiger partial charge in [0, 0.05) is 25.7 Å². The average molecular weight is 1520 g/mol. The van der Waals surface area contributed by atoms with Crippen molar-refractivity contribution in [1.82, 2.24) is 0 Å². The zero-order valence-corrected chi connectivity index (χ0v) is 70.0. The number of phosphoric ester groups is 2. The van der Waals surface area contributed by atoms with Gasteiger partial charge in [0.15, 0.2) is 12.2 Å². The van der Waals surface area contributed by atoms with Crippen molar-refractivity contribution in [2.45, 2.75) is 477 Å². The van der Waals surface area contributed by atoms with E-state index >= 15 is 0 Å². The molecule has 0 aromatic heterocycles. The molecule has 19 heteroatoms. The number of esters is 4. The second-order valence-electron chi connectivity index (χ2n) is 31.1. The largest absolute Gasteiger partial charge is 0.472 e. The number of hydrogen-bond acceptors (Lipinski definition) is 15. The average Bonchev–Trinajstić information content (AvgIpc) is 0.907. The third kappa shape index (κ3) is 78.2. The maximum absolute atomic E-state index is 13.1. The van der Waals surface area contributed by atoms with Crippen LogP contribution in [-0.2, 0) is 65.4 Å². The summed E-state index contributed by atoms with van der Waals surface area (Å²) < 4.78 is 68.9. The number of carbonyl (C=O) groups excluding carboxylic acids is 4. The molecular weight excluding hydrogens is 1350 g/mol. The van der Waals surface area contributed by atoms with Crippen LogP contribution in [0.5, 0.6) is 0 Å². The molecule has 0 amide bonds. The second-order valence-corrected chi connectivity index (χ2v) is 34.0. The van der Waals surface area contributed by atoms with Gasteiger partial charge in [0.05, 0.1) is 26.4 Å². The summed E-state index contributed by atoms with van der Waals surface area (Å²) in [5.41, 5.74) is 0. The number of carbonyl (C=O) groups is 4. The van der Waals surface area contributed by atoms with Crippen molar-refractivity contribution in [3.8, 4) is 0 Å². The zero-order valence-electron chi connectivity index (χ0n) is 68.2. The molecule has 0 heterocycles. The van der Waals surface area contributed by atoms with Crippen LogP contribution >= 0.6 is 15.6 Å². The molecule has 0 saturated carbocycles. The van der Waals surface area contributed by atoms with Crippen molar-refractivity contribution in [3.63, 3.8) is 0 Å². The Hall–Kier alpha value is -1.94. The van der Waals surface area contributed by atoms with Gasteiger partial charge < -0.3 is 33.8 Å². The zero-order chi connectivity index (χ0) is 76.2. The first-order chi connectivity index (χ1) is 50.5. The maximum atomic E-state index is 13.1. The SMILES string of the molecule is CCCCCCCCCCCCCCCCCCCCCCC(=O)O[C@H](COC(=O)CCCCCCCCCCCCCCCCCCCC)COP(=O)(O)OC[C@@H](O)COP(=O)(O)OC[C@@H](COC(=O)CCCCCCCCCC(C)C)OC(=O)CCCCCCCCCCCCCCCCCC. The van der Waals surface area contributed by atoms with Crippen LogP contribution in [-0.4, -0.2) is 96.7 Å². The van der Waals surface area contributed by atoms with E-state index in [-0.39, 0.29) is 25.7 Å². The van der Waals surface area contributed by atoms with Crippen LogP contribution in [0.3, 0.4) is 0 Å². The van der Waals surface area contributed by atoms with E-state index in [2.05, 4.69) is 34.6 Å². The fourth-order valence-corrected chi connectivity index (χ4v) is 14.9. The maximum Gasteiger partial charge on any atom is 0.472 e. The monoisotopic (exact) mass is 1520 g/mol. The molecule has 0 saturated heterocycles. The van der Waals surface area contributed by atoms with Crippen molar-refractivity contribution in [2.24, 2.45) is 5.92 Å². The highest BCUT2D eigenvalue weighted by atomic mass is 31.2. The molecule has 0 rings (SSSR count). The Morgan fingerprint density at radius 2 is 0.442 bits per heavy atom. The molecule has 17 nitrogen and oxygen atoms in total. The molecule has 0 fully saturated rings. The van der Waals surface area contributed by atoms with Crippen molar-refractivity contribution in [1.29, 1.82) is 0 Å². The molecule has 0 radical (unpaired) electrons. The molecule has 618 valence electrons. The fourth-order valence-electron chi connectivity index (χ4n) is 13.3. The first-order valence-corrected chi connectivity index (χ1v) is 47.1. The molecule has 0 aromatic rings. The van der Waals surface area contributed by atoms with Crippen molar-refractivity contribution in [3.05, 3.63) is 0 Å². The van der Waals surface area contributed by atoms with Gasteiger partial charge >= 0.3 is 39.5 Å². The number of phosphoric acid groups is 2. The van der Waals surface area contributed by atoms with Gasteiger partial charge in [-0.1, -0.05) is 407 Å². The lowest BCUT2D eigenvalue weighted by molar-refractivity contribution is -0.161. The Labute approximate surface area is 638 Å². The van der Waals surface area contributed by atoms with Gasteiger partial charge in [0.2, 0.25) is 0 Å². The van der Waals surface area contributed by atoms with Gasteiger partial charge in [-0.3, -0.25) is 37.3 Å². The smallest absolute Gasteiger partial charge is 0.462 e. The highest BCUT2D eigenvalue weighted by Crippen LogP contribution is 2.45. The van der Waals surface area contributed by atoms with E-state index in [0.717, 1.165) is 96.3 Å². The molecule has 0 aliphatic heterocycles. The van der Waals surface area contributed by atoms with Crippen LogP contribution in [0, 0.1) is 5.92 Å². The van der Waals surface area contributed by atoms with E-state index in [1.807, 2.05) is 0 Å². The predicted molar refractivity (Wildman–Crippen MR) is 428 cm³/mol. The third-order valence-corrected chi connectivity index (χ3v) is 21.9. The van der Waals surface area contributed by atoms with Gasteiger partial charge in [-0.15, -0.1) is 0 Å². The number of rotatable bonds is 85. The first kappa shape index (κ1) is 102. The molecule has 0 bridgehead atoms. The first-order valence-electron chi connectivity index (χ1n) is 44.1. The van der Waals surface area contributed by atoms with Crippen LogP contribution in [0.1, 0.15) is 458 Å². The predicted octanol–water partition coefficient (Wildman–Crippen LogP) is 26.0. The van der Waals surface area contributed by atoms with Crippen LogP contribution in [0.2, 0.25) is 0 Å². The van der Waals surface area contributed by atoms with Gasteiger partial charge in [-0.25, -0.2) is 9.13 Å². The van der Waals surface area contributed by atoms with E-state index in [1.165, 1.54) is 276 Å². The lowest BCUT2D eigenvalue weighted by Gasteiger charge is -2.21. The Morgan fingerprint density at radius 3 is 0.654 bits per heavy atom. The third-order valence-electron chi connectivity index (χ3n) is 20.0. The van der Waals surface area contributed by atoms with Crippen molar-refractivity contribution >= 4 is 39.5 Å². The number of aliphatic hydroxyl groups excluding tert-OH is 1. The number of hydrogen-bond donors (Lipinski definition) is 3. The summed E-state index contributed by atoms with van der Waals surface area (Å²) in [5.74, 6) is -1.40. The van der Waals surface area contributed by atoms with E-state index in [1.54, 1.807) is 0 Å². The Morgan fingerprint density at radius 1 is 0.260 bits per heavy atom. The quantitative estimate of drug-likeness (QED) is 0.0222. The minimum atomic E-state index is -4.96. The Balaban J connectivity index is 5.23. The standard InChI is InChI=1S/C85H166O17P2/c1-6-9-12-15-18-21-24-27-30-33-35-36-38-41-44-47-50-55-61-66-70-84(89)101-80(74-95-82(87)68-63-58-53-48-45-42-40-37-34-31-28-25-22-19-16-13-10-7-2)76-99-103(91,92)97-72-79(86)73-98-104(93,94)100-77-81(75-96-83(88)69-64-59-56-51-52-57-62-67-78(4)5)102-85(90)71-65-60-54-49-46-43-39-32-29-26-23-20-17-14-11-8-3/h78-81,86H,6-77H2,1-5H3,(H,91,92)(H,93,94)/t79-,80-,81-/m1/s1. The lowest BCUT2D eigenvalue weighted by Crippen LogP contribution is -2.30. The molecule has 5 atom stereocenters. The molecule has 0 spiro atoms. The van der Waals surface area contributed by atoms with E-state index in [0.29, 0.717) is 31.6 Å². The van der Waals surface area contributed by atoms with Gasteiger partial charge in [0.1, 0.15) is 19.3 Å². The molecular formula is C85H166O17P2. The topological polar surface area (TPSA) is 237 Å². The van der Waals surface area contributed by atoms with Crippen molar-refractivity contribution < 1.29 is 80.2 Å². The van der Waals surface area contributed by atoms with Crippen molar-refractivity contribution in [2.75, 3.05) is 39.6 Å². The minimum Gasteiger partial charge on any atom is -0.462 e. The summed E-state index contributed by atoms with van der Waals surface area (Å²) in [6, 6.07) is 0. The van der Waals surface area contributed by atoms with Crippen LogP contribution in [0.25, 0.3) is 0 Å². The highest BCUT2D eigenvalue weighted by molar-refractivity contribution is 7.47. The summed E-state index contributed by atoms with van der Waals surface area (Å²) in [6.45, 7) is 7.31. The molecule has 0 aliphatic carbocycles. The summed E-state index contributed by atoms with van der Waals surface area (Å²) in [5, 5.41) is 10.7. The summed E-state index contributed by atoms with van der Waals surface area (Å²) in [4.78, 5) is 73.2. The van der Waals surface area contributed by atoms with Crippen LogP contribution in [0.15, 0.2) is 0 Å². The Bertz CT molecular complexity index is 1980. The van der Waals surface area contributed by atoms with Gasteiger partial charge in [0.25, 0.3) is 0 Å². The van der Waals surface area contributed by atoms with Crippen LogP contribution < -0.4 is 0 Å². The normalized spacial score (nSPS) is 13.8. The fraction of sp³-hybridized carbons (Fsp3) is 0.953. The Kier molecular flexibility index (Phi) is 76.3. The van der Waals surface area contributed by atoms with Gasteiger partial charge in [-0.05, 0) is 31.6 Å². The molecule has 3 N–H and O–H groups in total. The molecule has 0 aliphatic rings. The summed E-state index contributed by atoms with van der Waals surface area (Å²) in [7, 11) is -9.92. The summed E-state index contributed by atoms with van der Waals surface area (Å²) in [6.07, 6.45) is 70.9. The number of unbranched alkanes of at least 4 members (excludes halogenated alkanes) is 57. The molecule has 2 unspecified atom stereocenters. The van der Waals surface area contributed by atoms with E-state index in [4.69, 9.17) is 37.0 Å². The molecule has 104 heavy (non-hydrogen) atoms. The van der Waals surface area contributed by atoms with Gasteiger partial charge in [-0.2, -0.15) is 0 Å². The minimum absolute atomic E-state index is 0.108. The second kappa shape index (κ2) is 77.8. The summed E-state index contributed by atoms with van der Waals surface area (Å²) >= 11 is 0. The van der Waals surface area contributed by atoms with Crippen LogP contribution in [0.4, 0.5) is 0 Å². The number of aliphatic hydroxyl groups is 1. The number of ether oxygens (including phenoxy) is 4. The molecule has 0 aromatic carbocycles. The lowest BCUT2D eigenvalue weighted by atomic mass is 10.0.